The van der Waals surface area contributed by atoms with Crippen LogP contribution in [0.4, 0.5) is 0 Å². The molecule has 0 aliphatic heterocycles. The van der Waals surface area contributed by atoms with Crippen LogP contribution in [0, 0.1) is 0 Å². The molecule has 1 atom stereocenters. The number of thiazole rings is 1. The molecule has 0 saturated heterocycles. The number of aromatic nitrogens is 2. The van der Waals surface area contributed by atoms with E-state index < -0.39 is 5.97 Å². The number of aryl methyl sites for hydroxylation is 1. The number of rotatable bonds is 4. The summed E-state index contributed by atoms with van der Waals surface area (Å²) >= 11 is 1.18. The van der Waals surface area contributed by atoms with Crippen molar-refractivity contribution >= 4 is 27.7 Å². The maximum atomic E-state index is 11.0. The van der Waals surface area contributed by atoms with Gasteiger partial charge in [0.2, 0.25) is 5.01 Å². The first kappa shape index (κ1) is 13.5. The number of hydrogen-bond donors (Lipinski definition) is 1. The molecule has 4 nitrogen and oxygen atoms in total. The molecule has 3 rings (SSSR count). The van der Waals surface area contributed by atoms with Crippen LogP contribution < -0.4 is 0 Å². The molecule has 0 amide bonds. The summed E-state index contributed by atoms with van der Waals surface area (Å²) in [5.74, 6) is -0.424. The first-order valence-corrected chi connectivity index (χ1v) is 8.04. The van der Waals surface area contributed by atoms with E-state index in [9.17, 15) is 4.79 Å². The summed E-state index contributed by atoms with van der Waals surface area (Å²) in [6, 6.07) is 2.05. The maximum absolute atomic E-state index is 11.0. The highest BCUT2D eigenvalue weighted by atomic mass is 32.1. The Hall–Kier alpha value is -1.49. The van der Waals surface area contributed by atoms with Gasteiger partial charge < -0.3 is 5.11 Å². The molecule has 0 saturated carbocycles. The lowest BCUT2D eigenvalue weighted by Crippen LogP contribution is -2.12. The Bertz CT molecular complexity index is 651. The van der Waals surface area contributed by atoms with Gasteiger partial charge in [-0.25, -0.2) is 14.8 Å². The zero-order valence-corrected chi connectivity index (χ0v) is 12.4. The van der Waals surface area contributed by atoms with Gasteiger partial charge in [-0.2, -0.15) is 0 Å². The minimum Gasteiger partial charge on any atom is -0.476 e. The van der Waals surface area contributed by atoms with E-state index in [1.165, 1.54) is 54.7 Å². The van der Waals surface area contributed by atoms with Crippen LogP contribution >= 0.6 is 11.3 Å². The number of pyridine rings is 1. The average Bonchev–Trinajstić information content (AvgIpc) is 2.85. The molecule has 0 fully saturated rings. The summed E-state index contributed by atoms with van der Waals surface area (Å²) in [4.78, 5) is 20.7. The van der Waals surface area contributed by atoms with Gasteiger partial charge >= 0.3 is 5.97 Å². The maximum Gasteiger partial charge on any atom is 0.365 e. The van der Waals surface area contributed by atoms with Crippen molar-refractivity contribution in [1.82, 2.24) is 9.97 Å². The standard InChI is InChI=1S/C15H18N2O2S/c1-2-3-5-9-6-4-7-10-8-11-13(17-12(9)10)20-14(16-11)15(18)19/h8-9H,2-7H2,1H3,(H,18,19). The normalized spacial score (nSPS) is 18.1. The van der Waals surface area contributed by atoms with E-state index in [0.29, 0.717) is 5.92 Å². The molecule has 2 heterocycles. The van der Waals surface area contributed by atoms with Crippen molar-refractivity contribution in [3.05, 3.63) is 22.3 Å². The number of aromatic carboxylic acids is 1. The number of carbonyl (C=O) groups is 1. The minimum absolute atomic E-state index is 0.139. The molecule has 106 valence electrons. The first-order valence-electron chi connectivity index (χ1n) is 7.22. The van der Waals surface area contributed by atoms with Crippen LogP contribution in [0.15, 0.2) is 6.07 Å². The van der Waals surface area contributed by atoms with E-state index in [0.717, 1.165) is 16.8 Å². The van der Waals surface area contributed by atoms with Crippen molar-refractivity contribution in [1.29, 1.82) is 0 Å². The number of nitrogens with zero attached hydrogens (tertiary/aromatic N) is 2. The Morgan fingerprint density at radius 2 is 2.35 bits per heavy atom. The zero-order chi connectivity index (χ0) is 14.1. The van der Waals surface area contributed by atoms with E-state index in [4.69, 9.17) is 10.1 Å². The lowest BCUT2D eigenvalue weighted by molar-refractivity contribution is 0.0696. The Labute approximate surface area is 121 Å². The van der Waals surface area contributed by atoms with Crippen LogP contribution in [0.3, 0.4) is 0 Å². The van der Waals surface area contributed by atoms with Gasteiger partial charge in [-0.15, -0.1) is 0 Å². The Balaban J connectivity index is 2.02. The summed E-state index contributed by atoms with van der Waals surface area (Å²) in [6.45, 7) is 2.21. The number of hydrogen-bond acceptors (Lipinski definition) is 4. The molecule has 0 spiro atoms. The molecule has 1 aliphatic carbocycles. The third-order valence-corrected chi connectivity index (χ3v) is 4.92. The van der Waals surface area contributed by atoms with Crippen LogP contribution in [-0.2, 0) is 6.42 Å². The fourth-order valence-electron chi connectivity index (χ4n) is 2.97. The molecule has 0 aromatic carbocycles. The van der Waals surface area contributed by atoms with Crippen LogP contribution in [0.25, 0.3) is 10.3 Å². The molecule has 2 aromatic heterocycles. The van der Waals surface area contributed by atoms with Crippen molar-refractivity contribution in [2.24, 2.45) is 0 Å². The second-order valence-electron chi connectivity index (χ2n) is 5.41. The van der Waals surface area contributed by atoms with Crippen molar-refractivity contribution < 1.29 is 9.90 Å². The monoisotopic (exact) mass is 290 g/mol. The summed E-state index contributed by atoms with van der Waals surface area (Å²) in [5, 5.41) is 9.18. The van der Waals surface area contributed by atoms with E-state index >= 15 is 0 Å². The van der Waals surface area contributed by atoms with Gasteiger partial charge in [0.05, 0.1) is 0 Å². The molecule has 2 aromatic rings. The third-order valence-electron chi connectivity index (χ3n) is 3.97. The lowest BCUT2D eigenvalue weighted by Gasteiger charge is -2.24. The fraction of sp³-hybridized carbons (Fsp3) is 0.533. The molecule has 0 radical (unpaired) electrons. The quantitative estimate of drug-likeness (QED) is 0.924. The molecule has 0 bridgehead atoms. The Morgan fingerprint density at radius 1 is 1.50 bits per heavy atom. The molecule has 20 heavy (non-hydrogen) atoms. The highest BCUT2D eigenvalue weighted by Gasteiger charge is 2.23. The van der Waals surface area contributed by atoms with Gasteiger partial charge in [0.15, 0.2) is 0 Å². The SMILES string of the molecule is CCCCC1CCCc2cc3nc(C(=O)O)sc3nc21. The fourth-order valence-corrected chi connectivity index (χ4v) is 3.74. The van der Waals surface area contributed by atoms with Crippen molar-refractivity contribution in [3.63, 3.8) is 0 Å². The van der Waals surface area contributed by atoms with Gasteiger partial charge in [-0.1, -0.05) is 31.1 Å². The summed E-state index contributed by atoms with van der Waals surface area (Å²) in [6.07, 6.45) is 7.07. The molecule has 5 heteroatoms. The van der Waals surface area contributed by atoms with Crippen molar-refractivity contribution in [3.8, 4) is 0 Å². The van der Waals surface area contributed by atoms with Gasteiger partial charge in [0, 0.05) is 11.6 Å². The smallest absolute Gasteiger partial charge is 0.365 e. The predicted molar refractivity (Wildman–Crippen MR) is 79.6 cm³/mol. The Morgan fingerprint density at radius 3 is 3.10 bits per heavy atom. The number of unbranched alkanes of at least 4 members (excludes halogenated alkanes) is 1. The van der Waals surface area contributed by atoms with Crippen LogP contribution in [-0.4, -0.2) is 21.0 Å². The molecule has 1 N–H and O–H groups in total. The molecular formula is C15H18N2O2S. The van der Waals surface area contributed by atoms with Gasteiger partial charge in [-0.3, -0.25) is 0 Å². The van der Waals surface area contributed by atoms with E-state index in [1.54, 1.807) is 0 Å². The Kier molecular flexibility index (Phi) is 3.70. The molecule has 1 aliphatic rings. The van der Waals surface area contributed by atoms with Crippen LogP contribution in [0.2, 0.25) is 0 Å². The summed E-state index contributed by atoms with van der Waals surface area (Å²) in [5.41, 5.74) is 3.20. The summed E-state index contributed by atoms with van der Waals surface area (Å²) in [7, 11) is 0. The molecule has 1 unspecified atom stereocenters. The van der Waals surface area contributed by atoms with E-state index in [-0.39, 0.29) is 5.01 Å². The third kappa shape index (κ3) is 2.42. The van der Waals surface area contributed by atoms with Crippen molar-refractivity contribution in [2.45, 2.75) is 51.4 Å². The lowest BCUT2D eigenvalue weighted by atomic mass is 9.83. The van der Waals surface area contributed by atoms with Crippen molar-refractivity contribution in [2.75, 3.05) is 0 Å². The first-order chi connectivity index (χ1) is 9.69. The summed E-state index contributed by atoms with van der Waals surface area (Å²) < 4.78 is 0. The number of fused-ring (bicyclic) bond motifs is 2. The van der Waals surface area contributed by atoms with Gasteiger partial charge in [-0.05, 0) is 37.3 Å². The highest BCUT2D eigenvalue weighted by molar-refractivity contribution is 7.19. The van der Waals surface area contributed by atoms with Crippen LogP contribution in [0.1, 0.15) is 66.0 Å². The topological polar surface area (TPSA) is 63.1 Å². The second-order valence-corrected chi connectivity index (χ2v) is 6.39. The number of carboxylic acids is 1. The zero-order valence-electron chi connectivity index (χ0n) is 11.6. The second kappa shape index (κ2) is 5.48. The van der Waals surface area contributed by atoms with Gasteiger partial charge in [0.1, 0.15) is 10.3 Å². The number of carboxylic acid groups (broad SMARTS) is 1. The largest absolute Gasteiger partial charge is 0.476 e. The molecular weight excluding hydrogens is 272 g/mol. The van der Waals surface area contributed by atoms with Gasteiger partial charge in [0.25, 0.3) is 0 Å². The predicted octanol–water partition coefficient (Wildman–Crippen LogP) is 4.00. The van der Waals surface area contributed by atoms with Crippen LogP contribution in [0.5, 0.6) is 0 Å². The van der Waals surface area contributed by atoms with E-state index in [2.05, 4.69) is 18.0 Å². The highest BCUT2D eigenvalue weighted by Crippen LogP contribution is 2.36. The van der Waals surface area contributed by atoms with E-state index in [1.807, 2.05) is 0 Å². The minimum atomic E-state index is -0.964. The average molecular weight is 290 g/mol.